The highest BCUT2D eigenvalue weighted by molar-refractivity contribution is 5.94. The Labute approximate surface area is 173 Å². The summed E-state index contributed by atoms with van der Waals surface area (Å²) in [5, 5.41) is 14.4. The van der Waals surface area contributed by atoms with Gasteiger partial charge >= 0.3 is 0 Å². The lowest BCUT2D eigenvalue weighted by Gasteiger charge is -2.20. The summed E-state index contributed by atoms with van der Waals surface area (Å²) in [6, 6.07) is 3.61. The van der Waals surface area contributed by atoms with Gasteiger partial charge in [-0.25, -0.2) is 5.48 Å². The van der Waals surface area contributed by atoms with E-state index in [2.05, 4.69) is 26.1 Å². The normalized spacial score (nSPS) is 14.8. The van der Waals surface area contributed by atoms with Crippen molar-refractivity contribution in [3.8, 4) is 6.19 Å². The van der Waals surface area contributed by atoms with Gasteiger partial charge in [0.15, 0.2) is 6.19 Å². The number of hydrogen-bond acceptors (Lipinski definition) is 5. The number of hydrogen-bond donors (Lipinski definition) is 3. The zero-order valence-electron chi connectivity index (χ0n) is 17.0. The Hall–Kier alpha value is -2.66. The van der Waals surface area contributed by atoms with Gasteiger partial charge in [-0.3, -0.25) is 24.9 Å². The number of rotatable bonds is 11. The lowest BCUT2D eigenvalue weighted by Crippen LogP contribution is -2.27. The third-order valence-corrected chi connectivity index (χ3v) is 4.93. The highest BCUT2D eigenvalue weighted by Crippen LogP contribution is 2.23. The van der Waals surface area contributed by atoms with E-state index in [-0.39, 0.29) is 5.91 Å². The van der Waals surface area contributed by atoms with Crippen molar-refractivity contribution in [3.63, 3.8) is 0 Å². The van der Waals surface area contributed by atoms with Gasteiger partial charge in [0.25, 0.3) is 0 Å². The number of nitrogens with zero attached hydrogens (tertiary/aromatic N) is 3. The van der Waals surface area contributed by atoms with E-state index in [1.165, 1.54) is 32.1 Å². The van der Waals surface area contributed by atoms with Crippen molar-refractivity contribution in [2.45, 2.75) is 64.2 Å². The van der Waals surface area contributed by atoms with Crippen LogP contribution in [-0.4, -0.2) is 30.0 Å². The Morgan fingerprint density at radius 1 is 1.17 bits per heavy atom. The lowest BCUT2D eigenvalue weighted by atomic mass is 9.90. The van der Waals surface area contributed by atoms with Crippen molar-refractivity contribution in [2.75, 3.05) is 18.5 Å². The number of hydroxylamine groups is 1. The fourth-order valence-corrected chi connectivity index (χ4v) is 3.32. The maximum absolute atomic E-state index is 11.8. The third-order valence-electron chi connectivity index (χ3n) is 4.93. The van der Waals surface area contributed by atoms with Crippen LogP contribution in [0.4, 0.5) is 5.69 Å². The Morgan fingerprint density at radius 3 is 2.69 bits per heavy atom. The molecule has 2 rings (SSSR count). The van der Waals surface area contributed by atoms with E-state index in [9.17, 15) is 4.79 Å². The van der Waals surface area contributed by atoms with Crippen LogP contribution >= 0.6 is 0 Å². The quantitative estimate of drug-likeness (QED) is 0.131. The SMILES string of the molecule is N#CNC(=NCCCCCCC(=O)NOCC1CCCCC1)Nc1ccncc1. The van der Waals surface area contributed by atoms with Crippen LogP contribution in [0.3, 0.4) is 0 Å². The first kappa shape index (κ1) is 22.6. The number of carbonyl (C=O) groups excluding carboxylic acids is 1. The fraction of sp³-hybridized carbons (Fsp3) is 0.619. The predicted octanol–water partition coefficient (Wildman–Crippen LogP) is 3.50. The maximum atomic E-state index is 11.8. The first-order valence-corrected chi connectivity index (χ1v) is 10.5. The molecule has 1 aliphatic carbocycles. The van der Waals surface area contributed by atoms with Crippen LogP contribution in [0.25, 0.3) is 0 Å². The highest BCUT2D eigenvalue weighted by atomic mass is 16.6. The molecule has 3 N–H and O–H groups in total. The van der Waals surface area contributed by atoms with Gasteiger partial charge in [-0.05, 0) is 43.7 Å². The van der Waals surface area contributed by atoms with Gasteiger partial charge in [-0.15, -0.1) is 0 Å². The van der Waals surface area contributed by atoms with E-state index in [1.807, 2.05) is 6.19 Å². The summed E-state index contributed by atoms with van der Waals surface area (Å²) >= 11 is 0. The Kier molecular flexibility index (Phi) is 11.2. The number of nitriles is 1. The number of aromatic nitrogens is 1. The molecule has 29 heavy (non-hydrogen) atoms. The summed E-state index contributed by atoms with van der Waals surface area (Å²) in [7, 11) is 0. The Morgan fingerprint density at radius 2 is 1.93 bits per heavy atom. The number of unbranched alkanes of at least 4 members (excludes halogenated alkanes) is 3. The summed E-state index contributed by atoms with van der Waals surface area (Å²) in [6.07, 6.45) is 15.7. The molecule has 1 aromatic rings. The minimum absolute atomic E-state index is 0.0408. The van der Waals surface area contributed by atoms with Gasteiger partial charge in [0.1, 0.15) is 0 Å². The summed E-state index contributed by atoms with van der Waals surface area (Å²) in [5.74, 6) is 0.979. The summed E-state index contributed by atoms with van der Waals surface area (Å²) < 4.78 is 0. The second-order valence-corrected chi connectivity index (χ2v) is 7.33. The minimum Gasteiger partial charge on any atom is -0.325 e. The molecule has 1 amide bonds. The molecule has 0 atom stereocenters. The molecule has 0 bridgehead atoms. The summed E-state index contributed by atoms with van der Waals surface area (Å²) in [5.41, 5.74) is 3.39. The van der Waals surface area contributed by atoms with E-state index in [0.717, 1.165) is 31.4 Å². The fourth-order valence-electron chi connectivity index (χ4n) is 3.32. The van der Waals surface area contributed by atoms with Crippen molar-refractivity contribution >= 4 is 17.6 Å². The maximum Gasteiger partial charge on any atom is 0.243 e. The Bertz CT molecular complexity index is 653. The molecular weight excluding hydrogens is 368 g/mol. The largest absolute Gasteiger partial charge is 0.325 e. The molecule has 1 saturated carbocycles. The molecule has 8 heteroatoms. The number of anilines is 1. The van der Waals surface area contributed by atoms with Gasteiger partial charge in [0.05, 0.1) is 6.61 Å². The monoisotopic (exact) mass is 400 g/mol. The van der Waals surface area contributed by atoms with Crippen molar-refractivity contribution in [1.82, 2.24) is 15.8 Å². The van der Waals surface area contributed by atoms with Gasteiger partial charge in [0.2, 0.25) is 11.9 Å². The lowest BCUT2D eigenvalue weighted by molar-refractivity contribution is -0.135. The van der Waals surface area contributed by atoms with E-state index >= 15 is 0 Å². The van der Waals surface area contributed by atoms with Crippen LogP contribution in [0.15, 0.2) is 29.5 Å². The Balaban J connectivity index is 1.50. The summed E-state index contributed by atoms with van der Waals surface area (Å²) in [4.78, 5) is 25.5. The van der Waals surface area contributed by atoms with E-state index in [0.29, 0.717) is 31.4 Å². The topological polar surface area (TPSA) is 111 Å². The van der Waals surface area contributed by atoms with Gasteiger partial charge in [-0.2, -0.15) is 5.26 Å². The van der Waals surface area contributed by atoms with Crippen LogP contribution in [-0.2, 0) is 9.63 Å². The van der Waals surface area contributed by atoms with E-state index < -0.39 is 0 Å². The molecule has 1 aromatic heterocycles. The summed E-state index contributed by atoms with van der Waals surface area (Å²) in [6.45, 7) is 1.25. The first-order valence-electron chi connectivity index (χ1n) is 10.5. The van der Waals surface area contributed by atoms with Crippen molar-refractivity contribution in [2.24, 2.45) is 10.9 Å². The van der Waals surface area contributed by atoms with Crippen molar-refractivity contribution in [3.05, 3.63) is 24.5 Å². The van der Waals surface area contributed by atoms with Gasteiger partial charge in [-0.1, -0.05) is 32.1 Å². The van der Waals surface area contributed by atoms with E-state index in [1.54, 1.807) is 24.5 Å². The zero-order valence-corrected chi connectivity index (χ0v) is 17.0. The van der Waals surface area contributed by atoms with Crippen LogP contribution in [0.2, 0.25) is 0 Å². The molecule has 0 spiro atoms. The molecule has 1 heterocycles. The molecular formula is C21H32N6O2. The molecule has 0 unspecified atom stereocenters. The number of guanidine groups is 1. The number of pyridine rings is 1. The smallest absolute Gasteiger partial charge is 0.243 e. The molecule has 1 aliphatic rings. The van der Waals surface area contributed by atoms with Crippen molar-refractivity contribution in [1.29, 1.82) is 5.26 Å². The van der Waals surface area contributed by atoms with Crippen molar-refractivity contribution < 1.29 is 9.63 Å². The molecule has 158 valence electrons. The molecule has 0 saturated heterocycles. The first-order chi connectivity index (χ1) is 14.3. The van der Waals surface area contributed by atoms with Gasteiger partial charge in [0, 0.05) is 31.0 Å². The van der Waals surface area contributed by atoms with Crippen LogP contribution in [0.1, 0.15) is 64.2 Å². The molecule has 0 radical (unpaired) electrons. The molecule has 8 nitrogen and oxygen atoms in total. The number of aliphatic imine (C=N–C) groups is 1. The second-order valence-electron chi connectivity index (χ2n) is 7.33. The number of carbonyl (C=O) groups is 1. The highest BCUT2D eigenvalue weighted by Gasteiger charge is 2.14. The average Bonchev–Trinajstić information content (AvgIpc) is 2.74. The zero-order chi connectivity index (χ0) is 20.6. The molecule has 0 aliphatic heterocycles. The van der Waals surface area contributed by atoms with Crippen LogP contribution < -0.4 is 16.1 Å². The predicted molar refractivity (Wildman–Crippen MR) is 113 cm³/mol. The minimum atomic E-state index is -0.0408. The standard InChI is InChI=1S/C21H32N6O2/c22-17-25-21(26-19-11-14-23-15-12-19)24-13-7-2-1-6-10-20(28)27-29-16-18-8-4-3-5-9-18/h11-12,14-15,18H,1-10,13,16H2,(H,27,28)(H2,23,24,25,26). The van der Waals surface area contributed by atoms with Crippen LogP contribution in [0.5, 0.6) is 0 Å². The second kappa shape index (κ2) is 14.4. The van der Waals surface area contributed by atoms with Gasteiger partial charge < -0.3 is 5.32 Å². The average molecular weight is 401 g/mol. The number of nitrogens with one attached hydrogen (secondary N) is 3. The third kappa shape index (κ3) is 10.5. The molecule has 0 aromatic carbocycles. The molecule has 1 fully saturated rings. The van der Waals surface area contributed by atoms with E-state index in [4.69, 9.17) is 10.1 Å². The number of amides is 1. The van der Waals surface area contributed by atoms with Crippen LogP contribution in [0, 0.1) is 17.4 Å².